The maximum atomic E-state index is 7.83. The van der Waals surface area contributed by atoms with Crippen molar-refractivity contribution in [3.8, 4) is 46.0 Å². The third-order valence-corrected chi connectivity index (χ3v) is 23.0. The molecule has 0 atom stereocenters. The molecular formula is C102H130O8. The number of benzene rings is 9. The van der Waals surface area contributed by atoms with Crippen LogP contribution in [0.1, 0.15) is 311 Å². The first-order valence-corrected chi connectivity index (χ1v) is 40.1. The third kappa shape index (κ3) is 17.8. The van der Waals surface area contributed by atoms with Crippen molar-refractivity contribution in [1.29, 1.82) is 0 Å². The quantitative estimate of drug-likeness (QED) is 0.163. The molecule has 0 N–H and O–H groups in total. The fraction of sp³-hybridized carbons (Fsp3) is 0.471. The zero-order valence-corrected chi connectivity index (χ0v) is 72.9. The van der Waals surface area contributed by atoms with E-state index in [1.54, 1.807) is 0 Å². The molecule has 0 unspecified atom stereocenters. The van der Waals surface area contributed by atoms with Gasteiger partial charge in [0.2, 0.25) is 0 Å². The average molecular weight is 1480 g/mol. The molecule has 2 heterocycles. The summed E-state index contributed by atoms with van der Waals surface area (Å²) in [5.74, 6) is 6.80. The van der Waals surface area contributed by atoms with Gasteiger partial charge in [0, 0.05) is 51.4 Å². The summed E-state index contributed by atoms with van der Waals surface area (Å²) in [4.78, 5) is 0. The highest BCUT2D eigenvalue weighted by Gasteiger charge is 2.34. The van der Waals surface area contributed by atoms with Crippen molar-refractivity contribution < 1.29 is 37.9 Å². The molecule has 0 amide bonds. The molecular weight excluding hydrogens is 1350 g/mol. The van der Waals surface area contributed by atoms with Crippen LogP contribution < -0.4 is 37.9 Å². The highest BCUT2D eigenvalue weighted by Crippen LogP contribution is 2.49. The van der Waals surface area contributed by atoms with Gasteiger partial charge in [-0.15, -0.1) is 0 Å². The van der Waals surface area contributed by atoms with E-state index in [4.69, 9.17) is 37.9 Å². The van der Waals surface area contributed by atoms with Gasteiger partial charge in [0.25, 0.3) is 0 Å². The van der Waals surface area contributed by atoms with Gasteiger partial charge in [-0.1, -0.05) is 287 Å². The number of rotatable bonds is 6. The lowest BCUT2D eigenvalue weighted by atomic mass is 9.79. The van der Waals surface area contributed by atoms with Crippen molar-refractivity contribution in [2.24, 2.45) is 0 Å². The molecule has 2 aliphatic rings. The molecule has 14 bridgehead atoms. The number of methoxy groups -OCH3 is 6. The molecule has 110 heavy (non-hydrogen) atoms. The Morgan fingerprint density at radius 2 is 0.318 bits per heavy atom. The largest absolute Gasteiger partial charge is 0.496 e. The molecule has 0 aliphatic carbocycles. The molecule has 2 aliphatic heterocycles. The third-order valence-electron chi connectivity index (χ3n) is 23.0. The van der Waals surface area contributed by atoms with E-state index in [-0.39, 0.29) is 56.5 Å². The molecule has 9 aromatic carbocycles. The van der Waals surface area contributed by atoms with Gasteiger partial charge in [0.1, 0.15) is 59.2 Å². The zero-order valence-electron chi connectivity index (χ0n) is 72.9. The maximum Gasteiger partial charge on any atom is 0.126 e. The van der Waals surface area contributed by atoms with Crippen LogP contribution in [0.2, 0.25) is 0 Å². The lowest BCUT2D eigenvalue weighted by molar-refractivity contribution is 0.280. The van der Waals surface area contributed by atoms with Crippen molar-refractivity contribution in [3.05, 3.63) is 266 Å². The number of ether oxygens (including phenoxy) is 8. The Balaban J connectivity index is 1.33. The van der Waals surface area contributed by atoms with Gasteiger partial charge in [-0.25, -0.2) is 0 Å². The Hall–Kier alpha value is -8.62. The Bertz CT molecular complexity index is 4370. The van der Waals surface area contributed by atoms with E-state index in [0.717, 1.165) is 146 Å². The van der Waals surface area contributed by atoms with Crippen LogP contribution in [-0.2, 0) is 108 Å². The van der Waals surface area contributed by atoms with Gasteiger partial charge >= 0.3 is 0 Å². The fourth-order valence-electron chi connectivity index (χ4n) is 16.3. The molecule has 0 aromatic heterocycles. The minimum atomic E-state index is -0.264. The summed E-state index contributed by atoms with van der Waals surface area (Å²) < 4.78 is 56.9. The molecule has 8 nitrogen and oxygen atoms in total. The first-order valence-electron chi connectivity index (χ1n) is 40.1. The summed E-state index contributed by atoms with van der Waals surface area (Å²) in [6, 6.07) is 47.1. The number of hydrogen-bond acceptors (Lipinski definition) is 8. The van der Waals surface area contributed by atoms with E-state index in [0.29, 0.717) is 51.4 Å². The fourth-order valence-corrected chi connectivity index (χ4v) is 16.3. The minimum absolute atomic E-state index is 0.216. The van der Waals surface area contributed by atoms with E-state index in [9.17, 15) is 0 Å². The predicted molar refractivity (Wildman–Crippen MR) is 458 cm³/mol. The van der Waals surface area contributed by atoms with Crippen molar-refractivity contribution >= 4 is 0 Å². The molecule has 0 saturated carbocycles. The smallest absolute Gasteiger partial charge is 0.126 e. The summed E-state index contributed by atoms with van der Waals surface area (Å²) in [7, 11) is 11.1. The van der Waals surface area contributed by atoms with Gasteiger partial charge in [-0.3, -0.25) is 0 Å². The molecule has 0 fully saturated rings. The second-order valence-electron chi connectivity index (χ2n) is 40.0. The van der Waals surface area contributed by atoms with Crippen LogP contribution >= 0.6 is 0 Å². The van der Waals surface area contributed by atoms with E-state index in [2.05, 4.69) is 287 Å². The normalized spacial score (nSPS) is 14.2. The van der Waals surface area contributed by atoms with E-state index < -0.39 is 0 Å². The van der Waals surface area contributed by atoms with Crippen LogP contribution in [0.5, 0.6) is 46.0 Å². The highest BCUT2D eigenvalue weighted by molar-refractivity contribution is 5.63. The van der Waals surface area contributed by atoms with Gasteiger partial charge in [0.15, 0.2) is 0 Å². The van der Waals surface area contributed by atoms with Gasteiger partial charge in [-0.05, 0) is 188 Å². The first kappa shape index (κ1) is 82.3. The summed E-state index contributed by atoms with van der Waals surface area (Å²) in [5.41, 5.74) is 27.3. The van der Waals surface area contributed by atoms with E-state index in [1.807, 2.05) is 42.7 Å². The number of fused-ring (bicyclic) bond motifs is 14. The highest BCUT2D eigenvalue weighted by atomic mass is 16.5. The first-order chi connectivity index (χ1) is 51.2. The Labute approximate surface area is 662 Å². The molecule has 0 radical (unpaired) electrons. The predicted octanol–water partition coefficient (Wildman–Crippen LogP) is 24.6. The van der Waals surface area contributed by atoms with Crippen LogP contribution in [0, 0.1) is 0 Å². The van der Waals surface area contributed by atoms with Crippen LogP contribution in [0.15, 0.2) is 121 Å². The van der Waals surface area contributed by atoms with Gasteiger partial charge in [-0.2, -0.15) is 0 Å². The monoisotopic (exact) mass is 1480 g/mol. The summed E-state index contributed by atoms with van der Waals surface area (Å²) >= 11 is 0. The maximum absolute atomic E-state index is 7.83. The van der Waals surface area contributed by atoms with Crippen molar-refractivity contribution in [2.75, 3.05) is 42.7 Å². The molecule has 0 saturated heterocycles. The lowest BCUT2D eigenvalue weighted by Crippen LogP contribution is -2.17. The van der Waals surface area contributed by atoms with Crippen molar-refractivity contribution in [2.45, 2.75) is 274 Å². The molecule has 9 aromatic rings. The Kier molecular flexibility index (Phi) is 23.1. The van der Waals surface area contributed by atoms with Crippen LogP contribution in [0.4, 0.5) is 0 Å². The molecule has 8 heteroatoms. The summed E-state index contributed by atoms with van der Waals surface area (Å²) in [6.45, 7) is 56.2. The standard InChI is InChI=1S/C102H130O8/c1-95(2,3)79-43-63-35-67-47-81(97(7,8)9)51-71(89(67)105-27)39-75-55-85(101(19,20)21)57-77-41-73-53-83(99(13,14)15)49-69(91(73)107-29)37-65-45-80(96(4,5)6)46-66(88(65)104-26)38-70-50-84(100(16,17)18)54-74(92(70)108-30)42-78-58-86(102(22,23)24)56-76(94(78)110-60-62-34-32-31-33-61(62)59-109-93(75)77)40-72-52-82(98(10,11)12)48-68(90(72)106-28)36-64(44-79)87(63)103-25/h31-34,43-58H,35-42,59-60H2,1-30H3. The lowest BCUT2D eigenvalue weighted by Gasteiger charge is -2.28. The second-order valence-corrected chi connectivity index (χ2v) is 40.0. The Morgan fingerprint density at radius 1 is 0.191 bits per heavy atom. The average Bonchev–Trinajstić information content (AvgIpc) is 0.780. The summed E-state index contributed by atoms with van der Waals surface area (Å²) in [5, 5.41) is 0. The van der Waals surface area contributed by atoms with Crippen LogP contribution in [-0.4, -0.2) is 42.7 Å². The topological polar surface area (TPSA) is 73.8 Å². The minimum Gasteiger partial charge on any atom is -0.496 e. The Morgan fingerprint density at radius 3 is 0.445 bits per heavy atom. The van der Waals surface area contributed by atoms with Gasteiger partial charge < -0.3 is 37.9 Å². The SMILES string of the molecule is COc1c2cc(C(C)(C)C)cc1Cc1cc(C(C)(C)C)cc(c1OC)Cc1cc(C(C)(C)C)cc3c1OCc1ccccc1COc1c(cc(C(C)(C)C)cc1Cc1cc(C(C)(C)C)cc(c1OC)Cc1cc(C(C)(C)C)cc(c1OC)Cc1cc(C(C)(C)C)cc(c1OC)C3)Cc1cc(C(C)(C)C)cc(c1OC)C2. The van der Waals surface area contributed by atoms with Crippen molar-refractivity contribution in [3.63, 3.8) is 0 Å². The number of hydrogen-bond donors (Lipinski definition) is 0. The van der Waals surface area contributed by atoms with E-state index in [1.165, 1.54) is 44.5 Å². The van der Waals surface area contributed by atoms with Gasteiger partial charge in [0.05, 0.1) is 42.7 Å². The van der Waals surface area contributed by atoms with Crippen LogP contribution in [0.25, 0.3) is 0 Å². The zero-order chi connectivity index (χ0) is 80.5. The second kappa shape index (κ2) is 30.8. The molecule has 11 rings (SSSR count). The van der Waals surface area contributed by atoms with E-state index >= 15 is 0 Å². The van der Waals surface area contributed by atoms with Crippen LogP contribution in [0.3, 0.4) is 0 Å². The summed E-state index contributed by atoms with van der Waals surface area (Å²) in [6.07, 6.45) is 4.30. The molecule has 586 valence electrons. The van der Waals surface area contributed by atoms with Crippen molar-refractivity contribution in [1.82, 2.24) is 0 Å². The molecule has 0 spiro atoms.